The number of amides is 2. The first-order valence-electron chi connectivity index (χ1n) is 5.76. The highest BCUT2D eigenvalue weighted by atomic mass is 16.2. The Morgan fingerprint density at radius 3 is 3.06 bits per heavy atom. The van der Waals surface area contributed by atoms with E-state index in [9.17, 15) is 9.59 Å². The van der Waals surface area contributed by atoms with Gasteiger partial charge in [-0.1, -0.05) is 0 Å². The lowest BCUT2D eigenvalue weighted by Crippen LogP contribution is -2.38. The molecule has 1 atom stereocenters. The van der Waals surface area contributed by atoms with E-state index in [0.717, 1.165) is 6.42 Å². The van der Waals surface area contributed by atoms with Crippen LogP contribution in [0, 0.1) is 0 Å². The second-order valence-electron chi connectivity index (χ2n) is 4.05. The number of hydrogen-bond acceptors (Lipinski definition) is 5. The number of anilines is 1. The Morgan fingerprint density at radius 2 is 2.39 bits per heavy atom. The molecule has 0 spiro atoms. The Bertz CT molecular complexity index is 463. The topological polar surface area (TPSA) is 96.0 Å². The number of aromatic nitrogens is 2. The van der Waals surface area contributed by atoms with Gasteiger partial charge in [0.25, 0.3) is 5.91 Å². The van der Waals surface area contributed by atoms with Gasteiger partial charge < -0.3 is 16.0 Å². The Labute approximate surface area is 104 Å². The lowest BCUT2D eigenvalue weighted by Gasteiger charge is -2.11. The van der Waals surface area contributed by atoms with Crippen LogP contribution in [-0.2, 0) is 4.79 Å². The van der Waals surface area contributed by atoms with Gasteiger partial charge in [0.15, 0.2) is 0 Å². The van der Waals surface area contributed by atoms with Crippen LogP contribution in [0.3, 0.4) is 0 Å². The van der Waals surface area contributed by atoms with Crippen LogP contribution in [-0.4, -0.2) is 41.4 Å². The highest BCUT2D eigenvalue weighted by molar-refractivity contribution is 5.92. The average Bonchev–Trinajstić information content (AvgIpc) is 2.82. The van der Waals surface area contributed by atoms with Crippen molar-refractivity contribution in [2.45, 2.75) is 18.9 Å². The van der Waals surface area contributed by atoms with Gasteiger partial charge in [0.05, 0.1) is 12.4 Å². The van der Waals surface area contributed by atoms with Crippen molar-refractivity contribution in [1.82, 2.24) is 20.6 Å². The molecule has 1 aliphatic rings. The zero-order valence-corrected chi connectivity index (χ0v) is 10.1. The molecule has 0 radical (unpaired) electrons. The summed E-state index contributed by atoms with van der Waals surface area (Å²) in [5.74, 6) is 0.281. The summed E-state index contributed by atoms with van der Waals surface area (Å²) in [6.45, 7) is 0.413. The first-order valence-corrected chi connectivity index (χ1v) is 5.76. The van der Waals surface area contributed by atoms with Gasteiger partial charge in [0.2, 0.25) is 5.91 Å². The molecule has 0 saturated carbocycles. The maximum atomic E-state index is 11.8. The van der Waals surface area contributed by atoms with E-state index in [1.54, 1.807) is 7.05 Å². The molecule has 1 unspecified atom stereocenters. The molecule has 96 valence electrons. The van der Waals surface area contributed by atoms with Crippen molar-refractivity contribution < 1.29 is 9.59 Å². The Kier molecular flexibility index (Phi) is 3.71. The Balaban J connectivity index is 1.89. The van der Waals surface area contributed by atoms with E-state index in [-0.39, 0.29) is 23.6 Å². The molecule has 1 fully saturated rings. The molecule has 0 aliphatic carbocycles. The second-order valence-corrected chi connectivity index (χ2v) is 4.05. The SMILES string of the molecule is CNc1cncc(C(=O)NCC2CCC(=O)N2)n1. The van der Waals surface area contributed by atoms with Gasteiger partial charge in [-0.05, 0) is 6.42 Å². The third-order valence-electron chi connectivity index (χ3n) is 2.72. The quantitative estimate of drug-likeness (QED) is 0.670. The summed E-state index contributed by atoms with van der Waals surface area (Å²) in [6.07, 6.45) is 4.22. The summed E-state index contributed by atoms with van der Waals surface area (Å²) in [5, 5.41) is 8.32. The van der Waals surface area contributed by atoms with E-state index in [2.05, 4.69) is 25.9 Å². The van der Waals surface area contributed by atoms with Crippen LogP contribution in [0.5, 0.6) is 0 Å². The van der Waals surface area contributed by atoms with E-state index >= 15 is 0 Å². The van der Waals surface area contributed by atoms with Crippen LogP contribution in [0.4, 0.5) is 5.82 Å². The predicted octanol–water partition coefficient (Wildman–Crippen LogP) is -0.473. The summed E-state index contributed by atoms with van der Waals surface area (Å²) in [6, 6.07) is 0.0156. The molecule has 1 aliphatic heterocycles. The van der Waals surface area contributed by atoms with E-state index in [1.807, 2.05) is 0 Å². The minimum atomic E-state index is -0.291. The lowest BCUT2D eigenvalue weighted by molar-refractivity contribution is -0.119. The summed E-state index contributed by atoms with van der Waals surface area (Å²) >= 11 is 0. The van der Waals surface area contributed by atoms with Gasteiger partial charge in [-0.25, -0.2) is 4.98 Å². The summed E-state index contributed by atoms with van der Waals surface area (Å²) in [5.41, 5.74) is 0.256. The summed E-state index contributed by atoms with van der Waals surface area (Å²) in [4.78, 5) is 30.8. The standard InChI is InChI=1S/C11H15N5O2/c1-12-9-6-13-5-8(16-9)11(18)14-4-7-2-3-10(17)15-7/h5-7H,2-4H2,1H3,(H,12,16)(H,14,18)(H,15,17). The molecule has 0 aromatic carbocycles. The number of carbonyl (C=O) groups excluding carboxylic acids is 2. The third kappa shape index (κ3) is 2.93. The second kappa shape index (κ2) is 5.44. The van der Waals surface area contributed by atoms with Gasteiger partial charge in [0.1, 0.15) is 11.5 Å². The van der Waals surface area contributed by atoms with Crippen LogP contribution in [0.25, 0.3) is 0 Å². The number of nitrogens with zero attached hydrogens (tertiary/aromatic N) is 2. The van der Waals surface area contributed by atoms with Crippen LogP contribution in [0.15, 0.2) is 12.4 Å². The zero-order chi connectivity index (χ0) is 13.0. The van der Waals surface area contributed by atoms with Gasteiger partial charge in [0, 0.05) is 26.1 Å². The van der Waals surface area contributed by atoms with Crippen LogP contribution in [0.2, 0.25) is 0 Å². The molecule has 2 rings (SSSR count). The van der Waals surface area contributed by atoms with Gasteiger partial charge >= 0.3 is 0 Å². The summed E-state index contributed by atoms with van der Waals surface area (Å²) < 4.78 is 0. The third-order valence-corrected chi connectivity index (χ3v) is 2.72. The van der Waals surface area contributed by atoms with Crippen LogP contribution < -0.4 is 16.0 Å². The molecular formula is C11H15N5O2. The van der Waals surface area contributed by atoms with E-state index in [1.165, 1.54) is 12.4 Å². The molecule has 1 saturated heterocycles. The number of nitrogens with one attached hydrogen (secondary N) is 3. The highest BCUT2D eigenvalue weighted by Gasteiger charge is 2.21. The minimum absolute atomic E-state index is 0.0156. The number of hydrogen-bond donors (Lipinski definition) is 3. The van der Waals surface area contributed by atoms with Crippen LogP contribution >= 0.6 is 0 Å². The van der Waals surface area contributed by atoms with Crippen molar-refractivity contribution in [3.8, 4) is 0 Å². The fraction of sp³-hybridized carbons (Fsp3) is 0.455. The van der Waals surface area contributed by atoms with Crippen molar-refractivity contribution in [3.63, 3.8) is 0 Å². The average molecular weight is 249 g/mol. The molecule has 2 amide bonds. The van der Waals surface area contributed by atoms with Crippen molar-refractivity contribution in [3.05, 3.63) is 18.1 Å². The Hall–Kier alpha value is -2.18. The first kappa shape index (κ1) is 12.3. The Morgan fingerprint density at radius 1 is 1.56 bits per heavy atom. The highest BCUT2D eigenvalue weighted by Crippen LogP contribution is 2.05. The zero-order valence-electron chi connectivity index (χ0n) is 10.1. The molecule has 7 heteroatoms. The van der Waals surface area contributed by atoms with Crippen molar-refractivity contribution in [1.29, 1.82) is 0 Å². The smallest absolute Gasteiger partial charge is 0.271 e. The molecule has 3 N–H and O–H groups in total. The molecular weight excluding hydrogens is 234 g/mol. The largest absolute Gasteiger partial charge is 0.372 e. The predicted molar refractivity (Wildman–Crippen MR) is 65.1 cm³/mol. The van der Waals surface area contributed by atoms with E-state index in [0.29, 0.717) is 18.8 Å². The normalized spacial score (nSPS) is 18.3. The van der Waals surface area contributed by atoms with Gasteiger partial charge in [-0.2, -0.15) is 0 Å². The van der Waals surface area contributed by atoms with Crippen molar-refractivity contribution in [2.24, 2.45) is 0 Å². The fourth-order valence-electron chi connectivity index (χ4n) is 1.73. The van der Waals surface area contributed by atoms with Crippen molar-refractivity contribution >= 4 is 17.6 Å². The van der Waals surface area contributed by atoms with Gasteiger partial charge in [-0.15, -0.1) is 0 Å². The molecule has 18 heavy (non-hydrogen) atoms. The first-order chi connectivity index (χ1) is 8.69. The molecule has 2 heterocycles. The number of carbonyl (C=O) groups is 2. The van der Waals surface area contributed by atoms with Crippen LogP contribution in [0.1, 0.15) is 23.3 Å². The molecule has 1 aromatic heterocycles. The fourth-order valence-corrected chi connectivity index (χ4v) is 1.73. The lowest BCUT2D eigenvalue weighted by atomic mass is 10.2. The molecule has 0 bridgehead atoms. The monoisotopic (exact) mass is 249 g/mol. The van der Waals surface area contributed by atoms with Crippen molar-refractivity contribution in [2.75, 3.05) is 18.9 Å². The van der Waals surface area contributed by atoms with E-state index < -0.39 is 0 Å². The maximum absolute atomic E-state index is 11.8. The maximum Gasteiger partial charge on any atom is 0.271 e. The summed E-state index contributed by atoms with van der Waals surface area (Å²) in [7, 11) is 1.71. The molecule has 1 aromatic rings. The van der Waals surface area contributed by atoms with Gasteiger partial charge in [-0.3, -0.25) is 14.6 Å². The minimum Gasteiger partial charge on any atom is -0.372 e. The number of rotatable bonds is 4. The molecule has 7 nitrogen and oxygen atoms in total. The van der Waals surface area contributed by atoms with E-state index in [4.69, 9.17) is 0 Å².